The van der Waals surface area contributed by atoms with E-state index in [0.717, 1.165) is 33.2 Å². The normalized spacial score (nSPS) is 11.1. The van der Waals surface area contributed by atoms with Gasteiger partial charge in [-0.05, 0) is 72.9 Å². The third-order valence-electron chi connectivity index (χ3n) is 5.05. The first-order valence-corrected chi connectivity index (χ1v) is 9.50. The summed E-state index contributed by atoms with van der Waals surface area (Å²) in [6, 6.07) is 18.8. The zero-order chi connectivity index (χ0) is 19.8. The van der Waals surface area contributed by atoms with Gasteiger partial charge in [-0.2, -0.15) is 0 Å². The molecule has 0 bridgehead atoms. The summed E-state index contributed by atoms with van der Waals surface area (Å²) in [5.41, 5.74) is 5.36. The van der Waals surface area contributed by atoms with Crippen LogP contribution in [0.3, 0.4) is 0 Å². The Balaban J connectivity index is 1.78. The van der Waals surface area contributed by atoms with Gasteiger partial charge in [-0.1, -0.05) is 41.9 Å². The SMILES string of the molecule is Cc1cc(Cc2cn(C(=O)c3ccc(Cl)cc3)c3ccccc23)cc(C)c1O. The Kier molecular flexibility index (Phi) is 4.70. The molecule has 0 fully saturated rings. The van der Waals surface area contributed by atoms with Crippen LogP contribution in [-0.2, 0) is 6.42 Å². The van der Waals surface area contributed by atoms with Crippen molar-refractivity contribution in [2.75, 3.05) is 0 Å². The molecule has 1 N–H and O–H groups in total. The van der Waals surface area contributed by atoms with Crippen LogP contribution in [0.25, 0.3) is 10.9 Å². The molecular weight excluding hydrogens is 370 g/mol. The number of nitrogens with zero attached hydrogens (tertiary/aromatic N) is 1. The lowest BCUT2D eigenvalue weighted by Crippen LogP contribution is -2.10. The Bertz CT molecular complexity index is 1170. The van der Waals surface area contributed by atoms with Crippen molar-refractivity contribution < 1.29 is 9.90 Å². The van der Waals surface area contributed by atoms with E-state index in [0.29, 0.717) is 22.8 Å². The first-order chi connectivity index (χ1) is 13.4. The molecule has 0 aliphatic heterocycles. The van der Waals surface area contributed by atoms with Gasteiger partial charge in [-0.25, -0.2) is 0 Å². The molecule has 0 amide bonds. The molecule has 4 rings (SSSR count). The third-order valence-corrected chi connectivity index (χ3v) is 5.30. The van der Waals surface area contributed by atoms with Crippen molar-refractivity contribution in [1.82, 2.24) is 4.57 Å². The molecule has 0 aliphatic rings. The summed E-state index contributed by atoms with van der Waals surface area (Å²) >= 11 is 5.95. The monoisotopic (exact) mass is 389 g/mol. The van der Waals surface area contributed by atoms with Crippen LogP contribution in [0.1, 0.15) is 32.6 Å². The number of fused-ring (bicyclic) bond motifs is 1. The van der Waals surface area contributed by atoms with Crippen LogP contribution in [0.15, 0.2) is 66.9 Å². The van der Waals surface area contributed by atoms with E-state index >= 15 is 0 Å². The number of aromatic nitrogens is 1. The molecule has 0 saturated heterocycles. The molecule has 1 aromatic heterocycles. The first kappa shape index (κ1) is 18.3. The van der Waals surface area contributed by atoms with Gasteiger partial charge in [0.2, 0.25) is 0 Å². The molecule has 28 heavy (non-hydrogen) atoms. The van der Waals surface area contributed by atoms with Gasteiger partial charge in [0.1, 0.15) is 5.75 Å². The molecule has 4 heteroatoms. The average Bonchev–Trinajstić information content (AvgIpc) is 3.05. The number of carbonyl (C=O) groups excluding carboxylic acids is 1. The second-order valence-corrected chi connectivity index (χ2v) is 7.54. The Morgan fingerprint density at radius 1 is 1.00 bits per heavy atom. The molecular formula is C24H20ClNO2. The van der Waals surface area contributed by atoms with Gasteiger partial charge < -0.3 is 5.11 Å². The van der Waals surface area contributed by atoms with Crippen molar-refractivity contribution in [3.63, 3.8) is 0 Å². The summed E-state index contributed by atoms with van der Waals surface area (Å²) in [6.07, 6.45) is 2.60. The van der Waals surface area contributed by atoms with Gasteiger partial charge in [0.25, 0.3) is 5.91 Å². The second kappa shape index (κ2) is 7.17. The van der Waals surface area contributed by atoms with Gasteiger partial charge in [0, 0.05) is 22.2 Å². The molecule has 4 aromatic rings. The number of halogens is 1. The summed E-state index contributed by atoms with van der Waals surface area (Å²) in [4.78, 5) is 13.1. The Labute approximate surface area is 168 Å². The van der Waals surface area contributed by atoms with Gasteiger partial charge in [-0.3, -0.25) is 9.36 Å². The van der Waals surface area contributed by atoms with Crippen molar-refractivity contribution in [1.29, 1.82) is 0 Å². The van der Waals surface area contributed by atoms with Crippen LogP contribution in [0.2, 0.25) is 5.02 Å². The highest BCUT2D eigenvalue weighted by Gasteiger charge is 2.16. The van der Waals surface area contributed by atoms with E-state index in [2.05, 4.69) is 0 Å². The molecule has 0 unspecified atom stereocenters. The van der Waals surface area contributed by atoms with E-state index in [9.17, 15) is 9.90 Å². The lowest BCUT2D eigenvalue weighted by atomic mass is 9.99. The maximum atomic E-state index is 13.1. The molecule has 0 aliphatic carbocycles. The highest BCUT2D eigenvalue weighted by molar-refractivity contribution is 6.30. The number of aryl methyl sites for hydroxylation is 2. The number of phenolic OH excluding ortho intramolecular Hbond substituents is 1. The number of aromatic hydroxyl groups is 1. The van der Waals surface area contributed by atoms with Gasteiger partial charge >= 0.3 is 0 Å². The van der Waals surface area contributed by atoms with Crippen molar-refractivity contribution in [2.24, 2.45) is 0 Å². The van der Waals surface area contributed by atoms with Crippen LogP contribution in [0.5, 0.6) is 5.75 Å². The van der Waals surface area contributed by atoms with Crippen LogP contribution in [0.4, 0.5) is 0 Å². The number of rotatable bonds is 3. The van der Waals surface area contributed by atoms with E-state index < -0.39 is 0 Å². The minimum Gasteiger partial charge on any atom is -0.507 e. The molecule has 3 aromatic carbocycles. The molecule has 0 spiro atoms. The Morgan fingerprint density at radius 3 is 2.32 bits per heavy atom. The second-order valence-electron chi connectivity index (χ2n) is 7.11. The van der Waals surface area contributed by atoms with Crippen molar-refractivity contribution in [3.8, 4) is 5.75 Å². The summed E-state index contributed by atoms with van der Waals surface area (Å²) in [5, 5.41) is 11.7. The van der Waals surface area contributed by atoms with Crippen molar-refractivity contribution >= 4 is 28.4 Å². The zero-order valence-electron chi connectivity index (χ0n) is 15.7. The predicted octanol–water partition coefficient (Wildman–Crippen LogP) is 5.90. The quantitative estimate of drug-likeness (QED) is 0.474. The lowest BCUT2D eigenvalue weighted by Gasteiger charge is -2.07. The summed E-state index contributed by atoms with van der Waals surface area (Å²) in [5.74, 6) is 0.251. The number of benzene rings is 3. The van der Waals surface area contributed by atoms with Crippen LogP contribution in [0, 0.1) is 13.8 Å². The fraction of sp³-hybridized carbons (Fsp3) is 0.125. The smallest absolute Gasteiger partial charge is 0.262 e. The molecule has 0 radical (unpaired) electrons. The summed E-state index contributed by atoms with van der Waals surface area (Å²) < 4.78 is 1.70. The highest BCUT2D eigenvalue weighted by Crippen LogP contribution is 2.28. The van der Waals surface area contributed by atoms with Crippen LogP contribution in [-0.4, -0.2) is 15.6 Å². The fourth-order valence-electron chi connectivity index (χ4n) is 3.66. The van der Waals surface area contributed by atoms with E-state index in [1.165, 1.54) is 0 Å². The minimum absolute atomic E-state index is 0.0859. The minimum atomic E-state index is -0.0859. The van der Waals surface area contributed by atoms with E-state index in [1.54, 1.807) is 28.8 Å². The maximum Gasteiger partial charge on any atom is 0.262 e. The fourth-order valence-corrected chi connectivity index (χ4v) is 3.78. The maximum absolute atomic E-state index is 13.1. The van der Waals surface area contributed by atoms with E-state index in [1.807, 2.05) is 56.4 Å². The number of phenols is 1. The molecule has 3 nitrogen and oxygen atoms in total. The molecule has 0 atom stereocenters. The topological polar surface area (TPSA) is 42.2 Å². The van der Waals surface area contributed by atoms with Gasteiger partial charge in [0.15, 0.2) is 0 Å². The van der Waals surface area contributed by atoms with Crippen LogP contribution >= 0.6 is 11.6 Å². The largest absolute Gasteiger partial charge is 0.507 e. The average molecular weight is 390 g/mol. The van der Waals surface area contributed by atoms with E-state index in [4.69, 9.17) is 11.6 Å². The number of carbonyl (C=O) groups is 1. The Morgan fingerprint density at radius 2 is 1.64 bits per heavy atom. The molecule has 0 saturated carbocycles. The molecule has 1 heterocycles. The van der Waals surface area contributed by atoms with Gasteiger partial charge in [-0.15, -0.1) is 0 Å². The Hall–Kier alpha value is -3.04. The van der Waals surface area contributed by atoms with Crippen molar-refractivity contribution in [2.45, 2.75) is 20.3 Å². The van der Waals surface area contributed by atoms with Crippen molar-refractivity contribution in [3.05, 3.63) is 99.7 Å². The standard InChI is InChI=1S/C24H20ClNO2/c1-15-11-17(12-16(2)23(15)27)13-19-14-26(22-6-4-3-5-21(19)22)24(28)18-7-9-20(25)10-8-18/h3-12,14,27H,13H2,1-2H3. The predicted molar refractivity (Wildman–Crippen MR) is 114 cm³/mol. The first-order valence-electron chi connectivity index (χ1n) is 9.12. The third kappa shape index (κ3) is 3.30. The lowest BCUT2D eigenvalue weighted by molar-refractivity contribution is 0.0965. The molecule has 140 valence electrons. The number of hydrogen-bond acceptors (Lipinski definition) is 2. The summed E-state index contributed by atoms with van der Waals surface area (Å²) in [6.45, 7) is 3.80. The van der Waals surface area contributed by atoms with E-state index in [-0.39, 0.29) is 5.91 Å². The number of hydrogen-bond donors (Lipinski definition) is 1. The van der Waals surface area contributed by atoms with Crippen LogP contribution < -0.4 is 0 Å². The highest BCUT2D eigenvalue weighted by atomic mass is 35.5. The number of para-hydroxylation sites is 1. The zero-order valence-corrected chi connectivity index (χ0v) is 16.5. The van der Waals surface area contributed by atoms with Gasteiger partial charge in [0.05, 0.1) is 5.52 Å². The summed E-state index contributed by atoms with van der Waals surface area (Å²) in [7, 11) is 0.